The van der Waals surface area contributed by atoms with Crippen LogP contribution in [0.5, 0.6) is 0 Å². The molecule has 0 saturated carbocycles. The van der Waals surface area contributed by atoms with Crippen LogP contribution in [0, 0.1) is 0 Å². The Labute approximate surface area is 158 Å². The lowest BCUT2D eigenvalue weighted by molar-refractivity contribution is -0.131. The Bertz CT molecular complexity index is 717. The number of hydrogen-bond donors (Lipinski definition) is 1. The molecule has 2 aromatic rings. The molecule has 1 atom stereocenters. The van der Waals surface area contributed by atoms with Gasteiger partial charge in [0.15, 0.2) is 5.82 Å². The van der Waals surface area contributed by atoms with Gasteiger partial charge >= 0.3 is 0 Å². The van der Waals surface area contributed by atoms with Crippen molar-refractivity contribution in [3.05, 3.63) is 41.7 Å². The highest BCUT2D eigenvalue weighted by Gasteiger charge is 2.18. The van der Waals surface area contributed by atoms with Crippen molar-refractivity contribution in [3.63, 3.8) is 0 Å². The van der Waals surface area contributed by atoms with Gasteiger partial charge in [-0.25, -0.2) is 4.68 Å². The number of carbonyl (C=O) groups excluding carboxylic acids is 1. The van der Waals surface area contributed by atoms with Crippen LogP contribution in [0.15, 0.2) is 30.3 Å². The molecule has 1 saturated heterocycles. The maximum Gasteiger partial charge on any atom is 0.244 e. The quantitative estimate of drug-likeness (QED) is 0.699. The minimum atomic E-state index is -0.591. The average Bonchev–Trinajstić information content (AvgIpc) is 3.13. The second-order valence-corrected chi connectivity index (χ2v) is 6.67. The number of ether oxygens (including phenoxy) is 1. The van der Waals surface area contributed by atoms with Crippen LogP contribution in [-0.2, 0) is 22.6 Å². The van der Waals surface area contributed by atoms with Gasteiger partial charge in [-0.05, 0) is 22.4 Å². The third-order valence-corrected chi connectivity index (χ3v) is 4.71. The SMILES string of the molecule is CN(CC[C@H](O)c1ccccc1)C(=O)Cn1nnnc1CN1CCOCC1. The largest absolute Gasteiger partial charge is 0.388 e. The van der Waals surface area contributed by atoms with Crippen molar-refractivity contribution in [1.29, 1.82) is 0 Å². The number of nitrogens with zero attached hydrogens (tertiary/aromatic N) is 6. The Morgan fingerprint density at radius 2 is 2.04 bits per heavy atom. The number of morpholine rings is 1. The van der Waals surface area contributed by atoms with E-state index in [0.717, 1.165) is 18.7 Å². The molecule has 0 unspecified atom stereocenters. The second kappa shape index (κ2) is 9.54. The predicted octanol–water partition coefficient (Wildman–Crippen LogP) is 0.0874. The van der Waals surface area contributed by atoms with Gasteiger partial charge in [0.25, 0.3) is 0 Å². The van der Waals surface area contributed by atoms with E-state index in [1.807, 2.05) is 30.3 Å². The molecular formula is C18H26N6O3. The molecule has 0 bridgehead atoms. The smallest absolute Gasteiger partial charge is 0.244 e. The lowest BCUT2D eigenvalue weighted by Crippen LogP contribution is -2.37. The monoisotopic (exact) mass is 374 g/mol. The molecule has 9 nitrogen and oxygen atoms in total. The molecule has 2 heterocycles. The fourth-order valence-electron chi connectivity index (χ4n) is 2.95. The molecule has 1 aromatic carbocycles. The lowest BCUT2D eigenvalue weighted by Gasteiger charge is -2.26. The fourth-order valence-corrected chi connectivity index (χ4v) is 2.95. The molecule has 0 aliphatic carbocycles. The highest BCUT2D eigenvalue weighted by molar-refractivity contribution is 5.75. The number of tetrazole rings is 1. The summed E-state index contributed by atoms with van der Waals surface area (Å²) in [6.45, 7) is 4.20. The van der Waals surface area contributed by atoms with Gasteiger partial charge in [0.2, 0.25) is 5.91 Å². The Morgan fingerprint density at radius 3 is 2.78 bits per heavy atom. The highest BCUT2D eigenvalue weighted by atomic mass is 16.5. The summed E-state index contributed by atoms with van der Waals surface area (Å²) in [5.74, 6) is 0.578. The minimum Gasteiger partial charge on any atom is -0.388 e. The van der Waals surface area contributed by atoms with E-state index in [-0.39, 0.29) is 12.5 Å². The van der Waals surface area contributed by atoms with Crippen LogP contribution in [0.4, 0.5) is 0 Å². The highest BCUT2D eigenvalue weighted by Crippen LogP contribution is 2.16. The summed E-state index contributed by atoms with van der Waals surface area (Å²) < 4.78 is 6.89. The number of benzene rings is 1. The Hall–Kier alpha value is -2.36. The molecule has 3 rings (SSSR count). The molecule has 27 heavy (non-hydrogen) atoms. The number of hydrogen-bond acceptors (Lipinski definition) is 7. The van der Waals surface area contributed by atoms with Gasteiger partial charge in [0.05, 0.1) is 25.9 Å². The molecule has 1 aromatic heterocycles. The molecule has 1 aliphatic heterocycles. The van der Waals surface area contributed by atoms with Gasteiger partial charge < -0.3 is 14.7 Å². The molecule has 1 N–H and O–H groups in total. The number of amides is 1. The lowest BCUT2D eigenvalue weighted by atomic mass is 10.1. The van der Waals surface area contributed by atoms with E-state index in [1.165, 1.54) is 0 Å². The first-order chi connectivity index (χ1) is 13.1. The van der Waals surface area contributed by atoms with Gasteiger partial charge in [0.1, 0.15) is 6.54 Å². The molecule has 9 heteroatoms. The number of aromatic nitrogens is 4. The summed E-state index contributed by atoms with van der Waals surface area (Å²) in [6, 6.07) is 9.45. The van der Waals surface area contributed by atoms with Crippen molar-refractivity contribution in [2.75, 3.05) is 39.9 Å². The maximum absolute atomic E-state index is 12.5. The Morgan fingerprint density at radius 1 is 1.30 bits per heavy atom. The van der Waals surface area contributed by atoms with Crippen molar-refractivity contribution in [3.8, 4) is 0 Å². The summed E-state index contributed by atoms with van der Waals surface area (Å²) in [4.78, 5) is 16.3. The molecule has 1 amide bonds. The van der Waals surface area contributed by atoms with Crippen LogP contribution in [0.2, 0.25) is 0 Å². The standard InChI is InChI=1S/C18H26N6O3/c1-22(8-7-16(25)15-5-3-2-4-6-15)18(26)14-24-17(19-20-21-24)13-23-9-11-27-12-10-23/h2-6,16,25H,7-14H2,1H3/t16-/m0/s1. The third-order valence-electron chi connectivity index (χ3n) is 4.71. The van der Waals surface area contributed by atoms with E-state index in [9.17, 15) is 9.90 Å². The van der Waals surface area contributed by atoms with Gasteiger partial charge in [-0.1, -0.05) is 30.3 Å². The van der Waals surface area contributed by atoms with E-state index >= 15 is 0 Å². The zero-order valence-electron chi connectivity index (χ0n) is 15.6. The van der Waals surface area contributed by atoms with Crippen molar-refractivity contribution >= 4 is 5.91 Å². The van der Waals surface area contributed by atoms with Crippen LogP contribution in [-0.4, -0.2) is 80.9 Å². The van der Waals surface area contributed by atoms with Gasteiger partial charge in [-0.2, -0.15) is 0 Å². The first-order valence-corrected chi connectivity index (χ1v) is 9.15. The summed E-state index contributed by atoms with van der Waals surface area (Å²) in [6.07, 6.45) is -0.117. The predicted molar refractivity (Wildman–Crippen MR) is 97.6 cm³/mol. The van der Waals surface area contributed by atoms with E-state index in [0.29, 0.717) is 38.5 Å². The van der Waals surface area contributed by atoms with E-state index in [1.54, 1.807) is 16.6 Å². The molecular weight excluding hydrogens is 348 g/mol. The Balaban J connectivity index is 1.49. The number of carbonyl (C=O) groups is 1. The third kappa shape index (κ3) is 5.56. The number of aliphatic hydroxyl groups excluding tert-OH is 1. The van der Waals surface area contributed by atoms with Crippen molar-refractivity contribution in [2.45, 2.75) is 25.6 Å². The number of likely N-dealkylation sites (N-methyl/N-ethyl adjacent to an activating group) is 1. The second-order valence-electron chi connectivity index (χ2n) is 6.67. The zero-order chi connectivity index (χ0) is 19.1. The van der Waals surface area contributed by atoms with E-state index in [2.05, 4.69) is 20.4 Å². The average molecular weight is 374 g/mol. The van der Waals surface area contributed by atoms with Crippen molar-refractivity contribution in [1.82, 2.24) is 30.0 Å². The molecule has 0 radical (unpaired) electrons. The van der Waals surface area contributed by atoms with Gasteiger partial charge in [-0.15, -0.1) is 5.10 Å². The maximum atomic E-state index is 12.5. The van der Waals surface area contributed by atoms with Crippen molar-refractivity contribution in [2.24, 2.45) is 0 Å². The van der Waals surface area contributed by atoms with E-state index in [4.69, 9.17) is 4.74 Å². The van der Waals surface area contributed by atoms with Crippen molar-refractivity contribution < 1.29 is 14.6 Å². The summed E-state index contributed by atoms with van der Waals surface area (Å²) in [7, 11) is 1.73. The van der Waals surface area contributed by atoms with Crippen LogP contribution < -0.4 is 0 Å². The van der Waals surface area contributed by atoms with E-state index < -0.39 is 6.10 Å². The van der Waals surface area contributed by atoms with Gasteiger partial charge in [-0.3, -0.25) is 9.69 Å². The first-order valence-electron chi connectivity index (χ1n) is 9.15. The van der Waals surface area contributed by atoms with Crippen LogP contribution in [0.25, 0.3) is 0 Å². The normalized spacial score (nSPS) is 16.2. The molecule has 146 valence electrons. The molecule has 1 fully saturated rings. The Kier molecular flexibility index (Phi) is 6.86. The molecule has 1 aliphatic rings. The number of aliphatic hydroxyl groups is 1. The summed E-state index contributed by atoms with van der Waals surface area (Å²) in [5.41, 5.74) is 0.853. The van der Waals surface area contributed by atoms with Crippen LogP contribution >= 0.6 is 0 Å². The topological polar surface area (TPSA) is 96.6 Å². The number of rotatable bonds is 8. The minimum absolute atomic E-state index is 0.0879. The first kappa shape index (κ1) is 19.4. The van der Waals surface area contributed by atoms with Crippen LogP contribution in [0.1, 0.15) is 23.9 Å². The summed E-state index contributed by atoms with van der Waals surface area (Å²) >= 11 is 0. The molecule has 0 spiro atoms. The van der Waals surface area contributed by atoms with Gasteiger partial charge in [0, 0.05) is 26.7 Å². The summed E-state index contributed by atoms with van der Waals surface area (Å²) in [5, 5.41) is 21.9. The zero-order valence-corrected chi connectivity index (χ0v) is 15.6. The van der Waals surface area contributed by atoms with Crippen LogP contribution in [0.3, 0.4) is 0 Å². The fraction of sp³-hybridized carbons (Fsp3) is 0.556.